The number of methoxy groups -OCH3 is 1. The van der Waals surface area contributed by atoms with Crippen LogP contribution in [0.3, 0.4) is 0 Å². The summed E-state index contributed by atoms with van der Waals surface area (Å²) in [6.07, 6.45) is -5.76. The van der Waals surface area contributed by atoms with Gasteiger partial charge in [-0.3, -0.25) is 28.8 Å². The largest absolute Gasteiger partial charge is 0.489 e. The van der Waals surface area contributed by atoms with E-state index in [9.17, 15) is 59.7 Å². The molecule has 2 aromatic heterocycles. The minimum absolute atomic E-state index is 0.0779. The number of halogens is 8. The van der Waals surface area contributed by atoms with Gasteiger partial charge in [0.2, 0.25) is 0 Å². The van der Waals surface area contributed by atoms with Crippen LogP contribution in [0.1, 0.15) is 48.6 Å². The summed E-state index contributed by atoms with van der Waals surface area (Å²) in [6.45, 7) is 1.22. The van der Waals surface area contributed by atoms with Gasteiger partial charge in [0.1, 0.15) is 40.7 Å². The summed E-state index contributed by atoms with van der Waals surface area (Å²) in [5.74, 6) is -3.44. The van der Waals surface area contributed by atoms with E-state index in [-0.39, 0.29) is 39.7 Å². The molecule has 0 saturated carbocycles. The van der Waals surface area contributed by atoms with Gasteiger partial charge in [0.15, 0.2) is 11.9 Å². The fourth-order valence-corrected chi connectivity index (χ4v) is 6.58. The topological polar surface area (TPSA) is 273 Å². The van der Waals surface area contributed by atoms with Gasteiger partial charge in [-0.25, -0.2) is 27.9 Å². The maximum Gasteiger partial charge on any atom is 0.431 e. The standard InChI is InChI=1S/C25H25F3N2O6.C13H10Cl2F3N3O3.C3H8NO5P/c1-5-16-6-7-17(20(12-16)36-15(2)23(32)34-4)14-35-19-10-8-18(9-11-19)30-22(31)13-21(25(26,27)28)29(3)24(30)33;1-5-19-21(13(24)20(5)12(17)18)10-3-6(2-8(15)11(22)23)7(14)4-9(10)16;5-3(6)1-4-2-10(7,8)9/h6-13,15H,5,14H2,1-4H3;3-4,8,12H,2H2,1H3,(H,22,23);4H,1-2H2,(H,5,6)(H2,7,8,9). The second-order valence-corrected chi connectivity index (χ2v) is 16.9. The van der Waals surface area contributed by atoms with Crippen molar-refractivity contribution >= 4 is 48.7 Å². The van der Waals surface area contributed by atoms with E-state index in [1.807, 2.05) is 25.1 Å². The van der Waals surface area contributed by atoms with E-state index in [2.05, 4.69) is 10.4 Å². The second-order valence-electron chi connectivity index (χ2n) is 14.3. The molecule has 2 heterocycles. The number of alkyl halides is 6. The Balaban J connectivity index is 0.000000326. The number of nitrogens with zero attached hydrogens (tertiary/aromatic N) is 5. The molecule has 0 aliphatic heterocycles. The van der Waals surface area contributed by atoms with Crippen molar-refractivity contribution in [3.63, 3.8) is 0 Å². The van der Waals surface area contributed by atoms with E-state index < -0.39 is 96.7 Å². The van der Waals surface area contributed by atoms with Crippen molar-refractivity contribution in [2.24, 2.45) is 7.05 Å². The Morgan fingerprint density at radius 2 is 1.59 bits per heavy atom. The zero-order valence-corrected chi connectivity index (χ0v) is 39.5. The average Bonchev–Trinajstić information content (AvgIpc) is 3.57. The molecule has 20 nitrogen and oxygen atoms in total. The summed E-state index contributed by atoms with van der Waals surface area (Å²) in [7, 11) is -1.88. The van der Waals surface area contributed by atoms with Crippen molar-refractivity contribution in [3.8, 4) is 22.9 Å². The van der Waals surface area contributed by atoms with Crippen LogP contribution in [-0.4, -0.2) is 92.8 Å². The van der Waals surface area contributed by atoms with E-state index in [0.29, 0.717) is 36.9 Å². The summed E-state index contributed by atoms with van der Waals surface area (Å²) >= 11 is 11.5. The van der Waals surface area contributed by atoms with Crippen LogP contribution >= 0.6 is 30.8 Å². The summed E-state index contributed by atoms with van der Waals surface area (Å²) in [6, 6.07) is 13.6. The first-order valence-corrected chi connectivity index (χ1v) is 22.4. The van der Waals surface area contributed by atoms with Crippen molar-refractivity contribution in [3.05, 3.63) is 131 Å². The molecule has 70 heavy (non-hydrogen) atoms. The van der Waals surface area contributed by atoms with Crippen molar-refractivity contribution in [1.82, 2.24) is 28.8 Å². The van der Waals surface area contributed by atoms with Crippen molar-refractivity contribution in [1.29, 1.82) is 0 Å². The third-order valence-electron chi connectivity index (χ3n) is 9.26. The predicted octanol–water partition coefficient (Wildman–Crippen LogP) is 5.20. The van der Waals surface area contributed by atoms with E-state index in [4.69, 9.17) is 57.4 Å². The number of aliphatic carboxylic acids is 2. The van der Waals surface area contributed by atoms with Gasteiger partial charge in [0.25, 0.3) is 5.56 Å². The molecular formula is C41H43Cl2F6N6O14P. The summed E-state index contributed by atoms with van der Waals surface area (Å²) in [5, 5.41) is 21.0. The molecule has 3 aromatic carbocycles. The number of benzene rings is 3. The second kappa shape index (κ2) is 24.9. The van der Waals surface area contributed by atoms with Gasteiger partial charge in [-0.1, -0.05) is 30.7 Å². The Bertz CT molecular complexity index is 2910. The van der Waals surface area contributed by atoms with E-state index in [1.54, 1.807) is 6.92 Å². The molecule has 0 aliphatic rings. The molecule has 0 fully saturated rings. The lowest BCUT2D eigenvalue weighted by Gasteiger charge is -2.17. The number of aromatic nitrogens is 5. The smallest absolute Gasteiger partial charge is 0.431 e. The maximum atomic E-state index is 14.1. The number of hydrogen-bond donors (Lipinski definition) is 5. The number of hydrogen-bond acceptors (Lipinski definition) is 12. The molecule has 5 rings (SSSR count). The van der Waals surface area contributed by atoms with Gasteiger partial charge in [-0.15, -0.1) is 16.7 Å². The van der Waals surface area contributed by atoms with E-state index in [0.717, 1.165) is 38.1 Å². The minimum atomic E-state index is -4.84. The fraction of sp³-hybridized carbons (Fsp3) is 0.341. The van der Waals surface area contributed by atoms with Gasteiger partial charge in [0, 0.05) is 30.1 Å². The molecule has 0 spiro atoms. The van der Waals surface area contributed by atoms with Crippen LogP contribution in [0.2, 0.25) is 5.02 Å². The number of ether oxygens (including phenoxy) is 3. The van der Waals surface area contributed by atoms with Gasteiger partial charge < -0.3 is 34.2 Å². The highest BCUT2D eigenvalue weighted by Crippen LogP contribution is 2.32. The number of carbonyl (C=O) groups is 3. The molecular weight excluding hydrogens is 1020 g/mol. The molecule has 2 unspecified atom stereocenters. The van der Waals surface area contributed by atoms with Crippen molar-refractivity contribution in [2.75, 3.05) is 19.9 Å². The quantitative estimate of drug-likeness (QED) is 0.0347. The number of carboxylic acids is 2. The highest BCUT2D eigenvalue weighted by Gasteiger charge is 2.35. The number of carboxylic acid groups (broad SMARTS) is 2. The van der Waals surface area contributed by atoms with Crippen LogP contribution in [0.5, 0.6) is 11.5 Å². The maximum absolute atomic E-state index is 14.1. The Labute approximate surface area is 401 Å². The van der Waals surface area contributed by atoms with E-state index in [1.165, 1.54) is 31.4 Å². The molecule has 0 saturated heterocycles. The summed E-state index contributed by atoms with van der Waals surface area (Å²) < 4.78 is 107. The third kappa shape index (κ3) is 16.1. The number of rotatable bonds is 17. The van der Waals surface area contributed by atoms with E-state index >= 15 is 0 Å². The van der Waals surface area contributed by atoms with Crippen molar-refractivity contribution in [2.45, 2.75) is 64.4 Å². The molecule has 5 N–H and O–H groups in total. The van der Waals surface area contributed by atoms with Gasteiger partial charge >= 0.3 is 49.6 Å². The lowest BCUT2D eigenvalue weighted by Crippen LogP contribution is -2.40. The number of aryl methyl sites for hydroxylation is 2. The highest BCUT2D eigenvalue weighted by molar-refractivity contribution is 7.51. The molecule has 0 aliphatic carbocycles. The zero-order valence-electron chi connectivity index (χ0n) is 37.1. The first-order chi connectivity index (χ1) is 32.5. The van der Waals surface area contributed by atoms with Gasteiger partial charge in [-0.05, 0) is 73.9 Å². The molecule has 382 valence electrons. The lowest BCUT2D eigenvalue weighted by atomic mass is 10.1. The Morgan fingerprint density at radius 1 is 0.957 bits per heavy atom. The lowest BCUT2D eigenvalue weighted by molar-refractivity contribution is -0.148. The van der Waals surface area contributed by atoms with Crippen LogP contribution in [0, 0.1) is 12.7 Å². The van der Waals surface area contributed by atoms with Gasteiger partial charge in [-0.2, -0.15) is 26.6 Å². The minimum Gasteiger partial charge on any atom is -0.489 e. The fourth-order valence-electron chi connectivity index (χ4n) is 5.79. The van der Waals surface area contributed by atoms with Crippen LogP contribution in [-0.2, 0) is 56.4 Å². The van der Waals surface area contributed by atoms with Crippen LogP contribution in [0.25, 0.3) is 11.4 Å². The summed E-state index contributed by atoms with van der Waals surface area (Å²) in [5.41, 5.74) is -3.35. The van der Waals surface area contributed by atoms with Crippen molar-refractivity contribution < 1.29 is 79.5 Å². The Kier molecular flexibility index (Phi) is 20.6. The Morgan fingerprint density at radius 3 is 2.10 bits per heavy atom. The normalized spacial score (nSPS) is 12.2. The number of nitrogens with one attached hydrogen (secondary N) is 1. The highest BCUT2D eigenvalue weighted by atomic mass is 35.5. The Hall–Kier alpha value is -6.44. The van der Waals surface area contributed by atoms with Crippen LogP contribution < -0.4 is 31.7 Å². The third-order valence-corrected chi connectivity index (χ3v) is 10.6. The van der Waals surface area contributed by atoms with Gasteiger partial charge in [0.05, 0.1) is 25.6 Å². The average molecular weight is 1060 g/mol. The van der Waals surface area contributed by atoms with Crippen LogP contribution in [0.4, 0.5) is 26.3 Å². The molecule has 2 atom stereocenters. The number of carbonyl (C=O) groups excluding carboxylic acids is 1. The molecule has 0 amide bonds. The predicted molar refractivity (Wildman–Crippen MR) is 237 cm³/mol. The zero-order chi connectivity index (χ0) is 53.0. The first-order valence-electron chi connectivity index (χ1n) is 19.8. The summed E-state index contributed by atoms with van der Waals surface area (Å²) in [4.78, 5) is 85.4. The molecule has 29 heteroatoms. The molecule has 0 radical (unpaired) electrons. The monoisotopic (exact) mass is 1060 g/mol. The first kappa shape index (κ1) is 57.9. The molecule has 0 bridgehead atoms. The SMILES string of the molecule is CCc1ccc(COc2ccc(-n3c(=O)cc(C(F)(F)F)n(C)c3=O)cc2)c(OC(C)C(=O)OC)c1.Cc1nn(-c2cc(CC(Cl)C(=O)O)c(Cl)cc2F)c(=O)n1C(F)F.O=C(O)CNCP(=O)(O)O. The number of esters is 1. The van der Waals surface area contributed by atoms with Crippen LogP contribution in [0.15, 0.2) is 75.0 Å². The molecule has 5 aromatic rings.